The Bertz CT molecular complexity index is 609. The highest BCUT2D eigenvalue weighted by Crippen LogP contribution is 2.29. The highest BCUT2D eigenvalue weighted by Gasteiger charge is 2.28. The summed E-state index contributed by atoms with van der Waals surface area (Å²) in [5, 5.41) is 0. The Labute approximate surface area is 119 Å². The molecule has 1 aliphatic rings. The number of nitrogens with zero attached hydrogens (tertiary/aromatic N) is 2. The molecule has 0 aliphatic carbocycles. The van der Waals surface area contributed by atoms with Gasteiger partial charge < -0.3 is 4.90 Å². The standard InChI is InChI=1S/C17H18N2O/c1-13-5-2-3-7-16(13)15-8-10-19(12-15)17(20)14-6-4-9-18-11-14/h2-7,9,11,15H,8,10,12H2,1H3/t15-/m0/s1. The van der Waals surface area contributed by atoms with E-state index in [1.807, 2.05) is 17.0 Å². The summed E-state index contributed by atoms with van der Waals surface area (Å²) < 4.78 is 0. The molecule has 20 heavy (non-hydrogen) atoms. The lowest BCUT2D eigenvalue weighted by molar-refractivity contribution is 0.0790. The maximum Gasteiger partial charge on any atom is 0.255 e. The van der Waals surface area contributed by atoms with Gasteiger partial charge in [-0.1, -0.05) is 24.3 Å². The van der Waals surface area contributed by atoms with Crippen LogP contribution in [0.5, 0.6) is 0 Å². The van der Waals surface area contributed by atoms with Gasteiger partial charge in [0.1, 0.15) is 0 Å². The number of amides is 1. The smallest absolute Gasteiger partial charge is 0.255 e. The number of hydrogen-bond donors (Lipinski definition) is 0. The van der Waals surface area contributed by atoms with Crippen LogP contribution in [0.4, 0.5) is 0 Å². The Morgan fingerprint density at radius 3 is 2.85 bits per heavy atom. The molecule has 1 saturated heterocycles. The van der Waals surface area contributed by atoms with Gasteiger partial charge in [-0.15, -0.1) is 0 Å². The summed E-state index contributed by atoms with van der Waals surface area (Å²) in [7, 11) is 0. The van der Waals surface area contributed by atoms with Gasteiger partial charge in [0.15, 0.2) is 0 Å². The maximum absolute atomic E-state index is 12.4. The fraction of sp³-hybridized carbons (Fsp3) is 0.294. The SMILES string of the molecule is Cc1ccccc1[C@H]1CCN(C(=O)c2cccnc2)C1. The van der Waals surface area contributed by atoms with Crippen LogP contribution in [-0.4, -0.2) is 28.9 Å². The molecule has 2 aromatic rings. The topological polar surface area (TPSA) is 33.2 Å². The maximum atomic E-state index is 12.4. The van der Waals surface area contributed by atoms with Crippen molar-refractivity contribution in [2.75, 3.05) is 13.1 Å². The molecule has 102 valence electrons. The number of hydrogen-bond acceptors (Lipinski definition) is 2. The zero-order valence-corrected chi connectivity index (χ0v) is 11.6. The van der Waals surface area contributed by atoms with E-state index in [9.17, 15) is 4.79 Å². The van der Waals surface area contributed by atoms with E-state index in [1.54, 1.807) is 12.4 Å². The number of aromatic nitrogens is 1. The zero-order chi connectivity index (χ0) is 13.9. The minimum atomic E-state index is 0.0918. The Morgan fingerprint density at radius 1 is 1.25 bits per heavy atom. The van der Waals surface area contributed by atoms with E-state index in [2.05, 4.69) is 36.2 Å². The molecule has 0 saturated carbocycles. The van der Waals surface area contributed by atoms with Crippen molar-refractivity contribution >= 4 is 5.91 Å². The van der Waals surface area contributed by atoms with E-state index < -0.39 is 0 Å². The fourth-order valence-corrected chi connectivity index (χ4v) is 2.92. The second kappa shape index (κ2) is 5.45. The molecule has 0 unspecified atom stereocenters. The van der Waals surface area contributed by atoms with E-state index in [1.165, 1.54) is 11.1 Å². The van der Waals surface area contributed by atoms with Gasteiger partial charge in [-0.25, -0.2) is 0 Å². The van der Waals surface area contributed by atoms with Gasteiger partial charge in [-0.2, -0.15) is 0 Å². The average Bonchev–Trinajstić information content (AvgIpc) is 2.97. The van der Waals surface area contributed by atoms with Crippen LogP contribution in [0.1, 0.15) is 33.8 Å². The summed E-state index contributed by atoms with van der Waals surface area (Å²) in [6, 6.07) is 12.1. The van der Waals surface area contributed by atoms with E-state index in [0.29, 0.717) is 11.5 Å². The molecule has 0 spiro atoms. The molecule has 0 bridgehead atoms. The average molecular weight is 266 g/mol. The van der Waals surface area contributed by atoms with Crippen molar-refractivity contribution < 1.29 is 4.79 Å². The molecule has 0 N–H and O–H groups in total. The largest absolute Gasteiger partial charge is 0.338 e. The number of carbonyl (C=O) groups excluding carboxylic acids is 1. The molecular weight excluding hydrogens is 248 g/mol. The number of aryl methyl sites for hydroxylation is 1. The lowest BCUT2D eigenvalue weighted by Crippen LogP contribution is -2.28. The van der Waals surface area contributed by atoms with Crippen LogP contribution in [0.3, 0.4) is 0 Å². The first-order valence-electron chi connectivity index (χ1n) is 7.00. The lowest BCUT2D eigenvalue weighted by atomic mass is 9.94. The monoisotopic (exact) mass is 266 g/mol. The summed E-state index contributed by atoms with van der Waals surface area (Å²) in [5.41, 5.74) is 3.36. The van der Waals surface area contributed by atoms with Crippen molar-refractivity contribution in [3.63, 3.8) is 0 Å². The first-order valence-corrected chi connectivity index (χ1v) is 7.00. The van der Waals surface area contributed by atoms with Gasteiger partial charge >= 0.3 is 0 Å². The van der Waals surface area contributed by atoms with E-state index in [-0.39, 0.29) is 5.91 Å². The first kappa shape index (κ1) is 12.9. The van der Waals surface area contributed by atoms with Crippen molar-refractivity contribution in [1.82, 2.24) is 9.88 Å². The third-order valence-electron chi connectivity index (χ3n) is 4.01. The minimum Gasteiger partial charge on any atom is -0.338 e. The Morgan fingerprint density at radius 2 is 2.10 bits per heavy atom. The number of benzene rings is 1. The summed E-state index contributed by atoms with van der Waals surface area (Å²) in [6.07, 6.45) is 4.37. The molecule has 1 aromatic heterocycles. The highest BCUT2D eigenvalue weighted by molar-refractivity contribution is 5.94. The summed E-state index contributed by atoms with van der Waals surface area (Å²) >= 11 is 0. The minimum absolute atomic E-state index is 0.0918. The molecule has 1 amide bonds. The summed E-state index contributed by atoms with van der Waals surface area (Å²) in [4.78, 5) is 18.4. The first-order chi connectivity index (χ1) is 9.75. The Hall–Kier alpha value is -2.16. The number of pyridine rings is 1. The second-order valence-electron chi connectivity index (χ2n) is 5.34. The molecule has 3 nitrogen and oxygen atoms in total. The van der Waals surface area contributed by atoms with Crippen LogP contribution in [0.2, 0.25) is 0 Å². The van der Waals surface area contributed by atoms with Crippen molar-refractivity contribution in [2.24, 2.45) is 0 Å². The van der Waals surface area contributed by atoms with Crippen LogP contribution in [0.25, 0.3) is 0 Å². The van der Waals surface area contributed by atoms with Crippen molar-refractivity contribution in [2.45, 2.75) is 19.3 Å². The lowest BCUT2D eigenvalue weighted by Gasteiger charge is -2.17. The molecule has 1 aliphatic heterocycles. The Kier molecular flexibility index (Phi) is 3.50. The molecule has 2 heterocycles. The fourth-order valence-electron chi connectivity index (χ4n) is 2.92. The number of rotatable bonds is 2. The van der Waals surface area contributed by atoms with Gasteiger partial charge in [0, 0.05) is 31.4 Å². The van der Waals surface area contributed by atoms with Gasteiger partial charge in [0.2, 0.25) is 0 Å². The van der Waals surface area contributed by atoms with Crippen molar-refractivity contribution in [1.29, 1.82) is 0 Å². The third kappa shape index (κ3) is 2.44. The summed E-state index contributed by atoms with van der Waals surface area (Å²) in [5.74, 6) is 0.547. The van der Waals surface area contributed by atoms with E-state index in [4.69, 9.17) is 0 Å². The summed E-state index contributed by atoms with van der Waals surface area (Å²) in [6.45, 7) is 3.77. The van der Waals surface area contributed by atoms with Gasteiger partial charge in [0.05, 0.1) is 5.56 Å². The number of likely N-dealkylation sites (tertiary alicyclic amines) is 1. The normalized spacial score (nSPS) is 18.2. The predicted molar refractivity (Wildman–Crippen MR) is 78.7 cm³/mol. The van der Waals surface area contributed by atoms with Crippen LogP contribution in [0, 0.1) is 6.92 Å². The molecule has 1 atom stereocenters. The molecule has 3 rings (SSSR count). The molecular formula is C17H18N2O. The third-order valence-corrected chi connectivity index (χ3v) is 4.01. The van der Waals surface area contributed by atoms with E-state index in [0.717, 1.165) is 19.5 Å². The predicted octanol–water partition coefficient (Wildman–Crippen LogP) is 3.02. The highest BCUT2D eigenvalue weighted by atomic mass is 16.2. The van der Waals surface area contributed by atoms with Crippen LogP contribution in [0.15, 0.2) is 48.8 Å². The van der Waals surface area contributed by atoms with Gasteiger partial charge in [-0.3, -0.25) is 9.78 Å². The zero-order valence-electron chi connectivity index (χ0n) is 11.6. The van der Waals surface area contributed by atoms with Crippen LogP contribution >= 0.6 is 0 Å². The second-order valence-corrected chi connectivity index (χ2v) is 5.34. The quantitative estimate of drug-likeness (QED) is 0.837. The van der Waals surface area contributed by atoms with Crippen molar-refractivity contribution in [3.05, 3.63) is 65.5 Å². The molecule has 3 heteroatoms. The van der Waals surface area contributed by atoms with E-state index >= 15 is 0 Å². The van der Waals surface area contributed by atoms with Crippen LogP contribution in [-0.2, 0) is 0 Å². The van der Waals surface area contributed by atoms with Crippen LogP contribution < -0.4 is 0 Å². The molecule has 1 aromatic carbocycles. The molecule has 0 radical (unpaired) electrons. The molecule has 1 fully saturated rings. The Balaban J connectivity index is 1.74. The van der Waals surface area contributed by atoms with Gasteiger partial charge in [0.25, 0.3) is 5.91 Å². The van der Waals surface area contributed by atoms with Crippen molar-refractivity contribution in [3.8, 4) is 0 Å². The number of carbonyl (C=O) groups is 1. The van der Waals surface area contributed by atoms with Gasteiger partial charge in [-0.05, 0) is 36.6 Å².